The molecule has 0 atom stereocenters. The van der Waals surface area contributed by atoms with Gasteiger partial charge in [0, 0.05) is 18.8 Å². The summed E-state index contributed by atoms with van der Waals surface area (Å²) in [4.78, 5) is 2.43. The fourth-order valence-corrected chi connectivity index (χ4v) is 2.41. The van der Waals surface area contributed by atoms with Gasteiger partial charge in [-0.15, -0.1) is 0 Å². The second-order valence-electron chi connectivity index (χ2n) is 5.64. The number of benzene rings is 1. The van der Waals surface area contributed by atoms with E-state index < -0.39 is 5.60 Å². The molecule has 0 spiro atoms. The molecule has 0 aliphatic carbocycles. The highest BCUT2D eigenvalue weighted by Crippen LogP contribution is 2.26. The molecular weight excluding hydrogens is 210 g/mol. The number of hydrogen-bond acceptors (Lipinski definition) is 2. The zero-order valence-electron chi connectivity index (χ0n) is 10.9. The molecule has 17 heavy (non-hydrogen) atoms. The molecule has 1 aromatic rings. The van der Waals surface area contributed by atoms with Crippen molar-refractivity contribution in [2.45, 2.75) is 45.1 Å². The lowest BCUT2D eigenvalue weighted by Gasteiger charge is -2.28. The minimum absolute atomic E-state index is 0.568. The summed E-state index contributed by atoms with van der Waals surface area (Å²) in [5.41, 5.74) is 2.26. The molecule has 1 N–H and O–H groups in total. The van der Waals surface area contributed by atoms with Gasteiger partial charge in [-0.2, -0.15) is 0 Å². The number of para-hydroxylation sites is 1. The van der Waals surface area contributed by atoms with E-state index in [-0.39, 0.29) is 0 Å². The molecule has 0 bridgehead atoms. The molecule has 94 valence electrons. The second-order valence-corrected chi connectivity index (χ2v) is 5.64. The Hall–Kier alpha value is -1.02. The third-order valence-corrected chi connectivity index (χ3v) is 3.45. The summed E-state index contributed by atoms with van der Waals surface area (Å²) >= 11 is 0. The molecule has 0 amide bonds. The van der Waals surface area contributed by atoms with Gasteiger partial charge in [0.15, 0.2) is 0 Å². The van der Waals surface area contributed by atoms with Crippen LogP contribution in [0.5, 0.6) is 0 Å². The first kappa shape index (κ1) is 12.4. The number of fused-ring (bicyclic) bond motifs is 1. The third kappa shape index (κ3) is 3.47. The van der Waals surface area contributed by atoms with Gasteiger partial charge in [-0.3, -0.25) is 0 Å². The smallest absolute Gasteiger partial charge is 0.0608 e. The van der Waals surface area contributed by atoms with E-state index in [1.807, 2.05) is 13.8 Å². The predicted octanol–water partition coefficient (Wildman–Crippen LogP) is 2.99. The molecular formula is C15H23NO. The van der Waals surface area contributed by atoms with E-state index in [4.69, 9.17) is 0 Å². The van der Waals surface area contributed by atoms with Crippen molar-refractivity contribution in [1.29, 1.82) is 0 Å². The molecule has 1 aliphatic rings. The van der Waals surface area contributed by atoms with Gasteiger partial charge in [0.25, 0.3) is 0 Å². The maximum atomic E-state index is 9.84. The summed E-state index contributed by atoms with van der Waals surface area (Å²) in [6.07, 6.45) is 4.53. The lowest BCUT2D eigenvalue weighted by molar-refractivity contribution is 0.0731. The summed E-state index contributed by atoms with van der Waals surface area (Å²) in [7, 11) is 0. The van der Waals surface area contributed by atoms with E-state index >= 15 is 0 Å². The first-order chi connectivity index (χ1) is 8.06. The van der Waals surface area contributed by atoms with E-state index in [1.165, 1.54) is 30.5 Å². The van der Waals surface area contributed by atoms with Crippen LogP contribution in [0.3, 0.4) is 0 Å². The van der Waals surface area contributed by atoms with E-state index in [0.717, 1.165) is 19.5 Å². The molecule has 2 heteroatoms. The standard InChI is InChI=1S/C15H23NO/c1-15(2,17)10-12-16-11-6-5-8-13-7-3-4-9-14(13)16/h3-4,7,9,17H,5-6,8,10-12H2,1-2H3. The fraction of sp³-hybridized carbons (Fsp3) is 0.600. The van der Waals surface area contributed by atoms with Gasteiger partial charge in [-0.25, -0.2) is 0 Å². The van der Waals surface area contributed by atoms with Crippen molar-refractivity contribution >= 4 is 5.69 Å². The number of hydrogen-bond donors (Lipinski definition) is 1. The highest BCUT2D eigenvalue weighted by molar-refractivity contribution is 5.54. The Morgan fingerprint density at radius 3 is 2.76 bits per heavy atom. The Morgan fingerprint density at radius 2 is 2.00 bits per heavy atom. The van der Waals surface area contributed by atoms with Crippen LogP contribution in [-0.4, -0.2) is 23.8 Å². The van der Waals surface area contributed by atoms with Crippen molar-refractivity contribution in [3.63, 3.8) is 0 Å². The summed E-state index contributed by atoms with van der Waals surface area (Å²) in [5.74, 6) is 0. The molecule has 0 radical (unpaired) electrons. The van der Waals surface area contributed by atoms with Crippen LogP contribution in [0.4, 0.5) is 5.69 Å². The highest BCUT2D eigenvalue weighted by atomic mass is 16.3. The molecule has 2 rings (SSSR count). The quantitative estimate of drug-likeness (QED) is 0.867. The molecule has 0 saturated heterocycles. The van der Waals surface area contributed by atoms with Gasteiger partial charge in [-0.1, -0.05) is 18.2 Å². The molecule has 1 heterocycles. The molecule has 1 aliphatic heterocycles. The number of aliphatic hydroxyl groups is 1. The Balaban J connectivity index is 2.12. The minimum atomic E-state index is -0.568. The Kier molecular flexibility index (Phi) is 3.72. The van der Waals surface area contributed by atoms with Gasteiger partial charge < -0.3 is 10.0 Å². The zero-order chi connectivity index (χ0) is 12.3. The van der Waals surface area contributed by atoms with Crippen LogP contribution < -0.4 is 4.90 Å². The van der Waals surface area contributed by atoms with E-state index in [9.17, 15) is 5.11 Å². The average Bonchev–Trinajstić information content (AvgIpc) is 2.47. The lowest BCUT2D eigenvalue weighted by atomic mass is 10.0. The third-order valence-electron chi connectivity index (χ3n) is 3.45. The molecule has 0 unspecified atom stereocenters. The van der Waals surface area contributed by atoms with Crippen LogP contribution in [0.25, 0.3) is 0 Å². The number of anilines is 1. The average molecular weight is 233 g/mol. The largest absolute Gasteiger partial charge is 0.390 e. The molecule has 0 aromatic heterocycles. The molecule has 2 nitrogen and oxygen atoms in total. The summed E-state index contributed by atoms with van der Waals surface area (Å²) < 4.78 is 0. The summed E-state index contributed by atoms with van der Waals surface area (Å²) in [5, 5.41) is 9.84. The van der Waals surface area contributed by atoms with Gasteiger partial charge in [-0.05, 0) is 51.2 Å². The second kappa shape index (κ2) is 5.09. The number of rotatable bonds is 3. The van der Waals surface area contributed by atoms with E-state index in [2.05, 4.69) is 29.2 Å². The van der Waals surface area contributed by atoms with Gasteiger partial charge in [0.2, 0.25) is 0 Å². The van der Waals surface area contributed by atoms with Crippen molar-refractivity contribution in [3.8, 4) is 0 Å². The maximum Gasteiger partial charge on any atom is 0.0608 e. The topological polar surface area (TPSA) is 23.5 Å². The van der Waals surface area contributed by atoms with Crippen LogP contribution in [-0.2, 0) is 6.42 Å². The zero-order valence-corrected chi connectivity index (χ0v) is 10.9. The predicted molar refractivity (Wildman–Crippen MR) is 72.5 cm³/mol. The van der Waals surface area contributed by atoms with Crippen LogP contribution in [0, 0.1) is 0 Å². The van der Waals surface area contributed by atoms with Crippen molar-refractivity contribution < 1.29 is 5.11 Å². The van der Waals surface area contributed by atoms with E-state index in [0.29, 0.717) is 0 Å². The van der Waals surface area contributed by atoms with Crippen LogP contribution in [0.15, 0.2) is 24.3 Å². The van der Waals surface area contributed by atoms with Crippen molar-refractivity contribution in [3.05, 3.63) is 29.8 Å². The van der Waals surface area contributed by atoms with Crippen LogP contribution in [0.1, 0.15) is 38.7 Å². The number of aryl methyl sites for hydroxylation is 1. The van der Waals surface area contributed by atoms with Crippen molar-refractivity contribution in [1.82, 2.24) is 0 Å². The highest BCUT2D eigenvalue weighted by Gasteiger charge is 2.18. The summed E-state index contributed by atoms with van der Waals surface area (Å²) in [6.45, 7) is 5.83. The normalized spacial score (nSPS) is 16.5. The lowest BCUT2D eigenvalue weighted by Crippen LogP contribution is -2.31. The fourth-order valence-electron chi connectivity index (χ4n) is 2.41. The van der Waals surface area contributed by atoms with Crippen LogP contribution >= 0.6 is 0 Å². The van der Waals surface area contributed by atoms with Crippen molar-refractivity contribution in [2.75, 3.05) is 18.0 Å². The van der Waals surface area contributed by atoms with Gasteiger partial charge in [0.1, 0.15) is 0 Å². The molecule has 0 fully saturated rings. The Morgan fingerprint density at radius 1 is 1.24 bits per heavy atom. The van der Waals surface area contributed by atoms with Crippen molar-refractivity contribution in [2.24, 2.45) is 0 Å². The minimum Gasteiger partial charge on any atom is -0.390 e. The maximum absolute atomic E-state index is 9.84. The van der Waals surface area contributed by atoms with Gasteiger partial charge >= 0.3 is 0 Å². The monoisotopic (exact) mass is 233 g/mol. The molecule has 0 saturated carbocycles. The van der Waals surface area contributed by atoms with Gasteiger partial charge in [0.05, 0.1) is 5.60 Å². The first-order valence-corrected chi connectivity index (χ1v) is 6.61. The summed E-state index contributed by atoms with van der Waals surface area (Å²) in [6, 6.07) is 8.68. The Bertz CT molecular complexity index is 367. The number of nitrogens with zero attached hydrogens (tertiary/aromatic N) is 1. The van der Waals surface area contributed by atoms with E-state index in [1.54, 1.807) is 0 Å². The SMILES string of the molecule is CC(C)(O)CCN1CCCCc2ccccc21. The molecule has 1 aromatic carbocycles. The first-order valence-electron chi connectivity index (χ1n) is 6.61. The van der Waals surface area contributed by atoms with Crippen LogP contribution in [0.2, 0.25) is 0 Å². The Labute approximate surface area is 104 Å².